The topological polar surface area (TPSA) is 69.6 Å². The molecule has 1 unspecified atom stereocenters. The molecule has 1 aliphatic heterocycles. The summed E-state index contributed by atoms with van der Waals surface area (Å²) in [4.78, 5) is 2.50. The van der Waals surface area contributed by atoms with E-state index in [9.17, 15) is 8.42 Å². The van der Waals surface area contributed by atoms with E-state index in [0.717, 1.165) is 25.9 Å². The maximum absolute atomic E-state index is 12.4. The number of aliphatic hydroxyl groups excluding tert-OH is 1. The van der Waals surface area contributed by atoms with Crippen LogP contribution in [0.15, 0.2) is 23.1 Å². The van der Waals surface area contributed by atoms with E-state index in [0.29, 0.717) is 23.6 Å². The Hall–Kier alpha value is -0.950. The molecule has 0 bridgehead atoms. The van der Waals surface area contributed by atoms with Crippen molar-refractivity contribution in [1.29, 1.82) is 0 Å². The summed E-state index contributed by atoms with van der Waals surface area (Å²) < 4.78 is 27.6. The molecule has 1 heterocycles. The second-order valence-corrected chi connectivity index (χ2v) is 7.62. The zero-order valence-corrected chi connectivity index (χ0v) is 13.5. The van der Waals surface area contributed by atoms with Crippen molar-refractivity contribution in [3.8, 4) is 0 Å². The van der Waals surface area contributed by atoms with Crippen LogP contribution in [0.4, 0.5) is 0 Å². The van der Waals surface area contributed by atoms with E-state index in [-0.39, 0.29) is 11.5 Å². The molecule has 1 aliphatic rings. The third-order valence-electron chi connectivity index (χ3n) is 4.01. The lowest BCUT2D eigenvalue weighted by molar-refractivity contribution is 0.211. The second-order valence-electron chi connectivity index (χ2n) is 5.88. The SMILES string of the molecule is Cc1ccc(CO)cc1S(=O)(=O)NCC1CCCN(C)C1. The lowest BCUT2D eigenvalue weighted by atomic mass is 9.99. The lowest BCUT2D eigenvalue weighted by Crippen LogP contribution is -2.39. The van der Waals surface area contributed by atoms with Gasteiger partial charge in [0.25, 0.3) is 0 Å². The van der Waals surface area contributed by atoms with Crippen LogP contribution in [0.25, 0.3) is 0 Å². The molecule has 1 fully saturated rings. The quantitative estimate of drug-likeness (QED) is 0.854. The first-order valence-electron chi connectivity index (χ1n) is 7.31. The smallest absolute Gasteiger partial charge is 0.240 e. The van der Waals surface area contributed by atoms with Crippen molar-refractivity contribution in [2.45, 2.75) is 31.3 Å². The predicted octanol–water partition coefficient (Wildman–Crippen LogP) is 1.11. The molecule has 1 saturated heterocycles. The number of hydrogen-bond donors (Lipinski definition) is 2. The molecule has 1 aromatic rings. The molecule has 1 atom stereocenters. The van der Waals surface area contributed by atoms with E-state index in [1.807, 2.05) is 0 Å². The highest BCUT2D eigenvalue weighted by Crippen LogP contribution is 2.19. The lowest BCUT2D eigenvalue weighted by Gasteiger charge is -2.29. The van der Waals surface area contributed by atoms with Crippen LogP contribution in [-0.4, -0.2) is 45.1 Å². The van der Waals surface area contributed by atoms with E-state index in [1.165, 1.54) is 0 Å². The van der Waals surface area contributed by atoms with E-state index in [2.05, 4.69) is 16.7 Å². The van der Waals surface area contributed by atoms with E-state index >= 15 is 0 Å². The average Bonchev–Trinajstić information content (AvgIpc) is 2.46. The maximum atomic E-state index is 12.4. The fourth-order valence-corrected chi connectivity index (χ4v) is 4.19. The van der Waals surface area contributed by atoms with Gasteiger partial charge in [0.2, 0.25) is 10.0 Å². The van der Waals surface area contributed by atoms with Gasteiger partial charge in [-0.15, -0.1) is 0 Å². The highest BCUT2D eigenvalue weighted by Gasteiger charge is 2.22. The van der Waals surface area contributed by atoms with Crippen molar-refractivity contribution in [3.63, 3.8) is 0 Å². The first-order valence-corrected chi connectivity index (χ1v) is 8.79. The Kier molecular flexibility index (Phi) is 5.37. The van der Waals surface area contributed by atoms with Crippen molar-refractivity contribution >= 4 is 10.0 Å². The van der Waals surface area contributed by atoms with Gasteiger partial charge in [-0.2, -0.15) is 0 Å². The summed E-state index contributed by atoms with van der Waals surface area (Å²) >= 11 is 0. The highest BCUT2D eigenvalue weighted by atomic mass is 32.2. The first-order chi connectivity index (χ1) is 9.92. The second kappa shape index (κ2) is 6.87. The number of nitrogens with one attached hydrogen (secondary N) is 1. The van der Waals surface area contributed by atoms with Gasteiger partial charge < -0.3 is 10.0 Å². The largest absolute Gasteiger partial charge is 0.392 e. The van der Waals surface area contributed by atoms with Gasteiger partial charge in [-0.3, -0.25) is 0 Å². The average molecular weight is 312 g/mol. The molecular weight excluding hydrogens is 288 g/mol. The standard InChI is InChI=1S/C15H24N2O3S/c1-12-5-6-13(11-18)8-15(12)21(19,20)16-9-14-4-3-7-17(2)10-14/h5-6,8,14,16,18H,3-4,7,9-11H2,1-2H3. The molecule has 118 valence electrons. The van der Waals surface area contributed by atoms with Crippen LogP contribution in [0.5, 0.6) is 0 Å². The van der Waals surface area contributed by atoms with E-state index in [1.54, 1.807) is 25.1 Å². The molecule has 6 heteroatoms. The van der Waals surface area contributed by atoms with Crippen LogP contribution in [0.2, 0.25) is 0 Å². The van der Waals surface area contributed by atoms with Gasteiger partial charge in [-0.05, 0) is 56.5 Å². The monoisotopic (exact) mass is 312 g/mol. The zero-order valence-electron chi connectivity index (χ0n) is 12.7. The minimum Gasteiger partial charge on any atom is -0.392 e. The number of likely N-dealkylation sites (tertiary alicyclic amines) is 1. The van der Waals surface area contributed by atoms with Gasteiger partial charge in [0.05, 0.1) is 11.5 Å². The number of piperidine rings is 1. The maximum Gasteiger partial charge on any atom is 0.240 e. The molecule has 0 saturated carbocycles. The molecule has 2 N–H and O–H groups in total. The van der Waals surface area contributed by atoms with E-state index in [4.69, 9.17) is 5.11 Å². The van der Waals surface area contributed by atoms with Crippen molar-refractivity contribution in [2.24, 2.45) is 5.92 Å². The Morgan fingerprint density at radius 2 is 2.19 bits per heavy atom. The van der Waals surface area contributed by atoms with Gasteiger partial charge >= 0.3 is 0 Å². The van der Waals surface area contributed by atoms with E-state index < -0.39 is 10.0 Å². The highest BCUT2D eigenvalue weighted by molar-refractivity contribution is 7.89. The molecule has 0 aromatic heterocycles. The summed E-state index contributed by atoms with van der Waals surface area (Å²) in [6.45, 7) is 4.09. The summed E-state index contributed by atoms with van der Waals surface area (Å²) in [5.41, 5.74) is 1.30. The number of aryl methyl sites for hydroxylation is 1. The fraction of sp³-hybridized carbons (Fsp3) is 0.600. The normalized spacial score (nSPS) is 20.6. The summed E-state index contributed by atoms with van der Waals surface area (Å²) in [5, 5.41) is 9.16. The number of nitrogens with zero attached hydrogens (tertiary/aromatic N) is 1. The van der Waals surface area contributed by atoms with Crippen molar-refractivity contribution in [3.05, 3.63) is 29.3 Å². The summed E-state index contributed by atoms with van der Waals surface area (Å²) in [5.74, 6) is 0.361. The van der Waals surface area contributed by atoms with Crippen LogP contribution >= 0.6 is 0 Å². The van der Waals surface area contributed by atoms with Crippen molar-refractivity contribution in [1.82, 2.24) is 9.62 Å². The number of hydrogen-bond acceptors (Lipinski definition) is 4. The molecule has 1 aromatic carbocycles. The Labute approximate surface area is 127 Å². The van der Waals surface area contributed by atoms with Crippen LogP contribution in [-0.2, 0) is 16.6 Å². The number of sulfonamides is 1. The van der Waals surface area contributed by atoms with Gasteiger partial charge in [-0.25, -0.2) is 13.1 Å². The number of benzene rings is 1. The molecule has 21 heavy (non-hydrogen) atoms. The molecule has 0 amide bonds. The molecule has 0 radical (unpaired) electrons. The Balaban J connectivity index is 2.08. The van der Waals surface area contributed by atoms with Crippen molar-refractivity contribution < 1.29 is 13.5 Å². The van der Waals surface area contributed by atoms with Crippen LogP contribution in [0.3, 0.4) is 0 Å². The van der Waals surface area contributed by atoms with Crippen LogP contribution in [0.1, 0.15) is 24.0 Å². The molecule has 0 spiro atoms. The first kappa shape index (κ1) is 16.4. The minimum atomic E-state index is -3.52. The molecule has 5 nitrogen and oxygen atoms in total. The predicted molar refractivity (Wildman–Crippen MR) is 82.5 cm³/mol. The van der Waals surface area contributed by atoms with Crippen molar-refractivity contribution in [2.75, 3.05) is 26.7 Å². The summed E-state index contributed by atoms with van der Waals surface area (Å²) in [6, 6.07) is 5.02. The summed E-state index contributed by atoms with van der Waals surface area (Å²) in [7, 11) is -1.46. The van der Waals surface area contributed by atoms with Gasteiger partial charge in [0.1, 0.15) is 0 Å². The third kappa shape index (κ3) is 4.26. The number of rotatable bonds is 5. The third-order valence-corrected chi connectivity index (χ3v) is 5.57. The number of aliphatic hydroxyl groups is 1. The summed E-state index contributed by atoms with van der Waals surface area (Å²) in [6.07, 6.45) is 2.17. The van der Waals surface area contributed by atoms with Gasteiger partial charge in [-0.1, -0.05) is 12.1 Å². The Bertz CT molecular complexity index is 587. The Morgan fingerprint density at radius 1 is 1.43 bits per heavy atom. The molecule has 2 rings (SSSR count). The van der Waals surface area contributed by atoms with Crippen LogP contribution in [0, 0.1) is 12.8 Å². The van der Waals surface area contributed by atoms with Gasteiger partial charge in [0.15, 0.2) is 0 Å². The fourth-order valence-electron chi connectivity index (χ4n) is 2.78. The molecule has 0 aliphatic carbocycles. The Morgan fingerprint density at radius 3 is 2.86 bits per heavy atom. The van der Waals surface area contributed by atoms with Crippen LogP contribution < -0.4 is 4.72 Å². The zero-order chi connectivity index (χ0) is 15.5. The molecular formula is C15H24N2O3S. The van der Waals surface area contributed by atoms with Gasteiger partial charge in [0, 0.05) is 13.1 Å². The minimum absolute atomic E-state index is 0.157.